The number of aryl methyl sites for hydroxylation is 1. The van der Waals surface area contributed by atoms with Gasteiger partial charge in [0.05, 0.1) is 23.4 Å². The third kappa shape index (κ3) is 2.62. The van der Waals surface area contributed by atoms with E-state index >= 15 is 0 Å². The van der Waals surface area contributed by atoms with E-state index in [1.54, 1.807) is 6.07 Å². The molecule has 1 aromatic heterocycles. The minimum atomic E-state index is -0.620. The lowest BCUT2D eigenvalue weighted by Crippen LogP contribution is -2.11. The highest BCUT2D eigenvalue weighted by Gasteiger charge is 2.22. The summed E-state index contributed by atoms with van der Waals surface area (Å²) >= 11 is 9.51. The van der Waals surface area contributed by atoms with Crippen LogP contribution in [0.15, 0.2) is 22.8 Å². The maximum atomic E-state index is 11.9. The normalized spacial score (nSPS) is 10.2. The molecule has 0 amide bonds. The van der Waals surface area contributed by atoms with Crippen LogP contribution in [0.2, 0.25) is 5.02 Å². The van der Waals surface area contributed by atoms with Crippen molar-refractivity contribution in [1.82, 2.24) is 4.57 Å². The van der Waals surface area contributed by atoms with E-state index in [0.717, 1.165) is 10.0 Å². The molecule has 0 spiro atoms. The topological polar surface area (TPSA) is 81.0 Å². The molecule has 0 aliphatic heterocycles. The standard InChI is InChI=1S/C14H11BrClN3O2/c1-7-3-9(4-10(16)11(7)15)19-6-8(5-17)12(18)13(19)14(20)21-2/h3-4,6H,18H2,1-2H3. The number of methoxy groups -OCH3 is 1. The second kappa shape index (κ2) is 5.80. The van der Waals surface area contributed by atoms with Gasteiger partial charge in [-0.2, -0.15) is 5.26 Å². The number of ether oxygens (including phenoxy) is 1. The first-order valence-electron chi connectivity index (χ1n) is 5.86. The predicted molar refractivity (Wildman–Crippen MR) is 83.7 cm³/mol. The Morgan fingerprint density at radius 3 is 2.71 bits per heavy atom. The fraction of sp³-hybridized carbons (Fsp3) is 0.143. The van der Waals surface area contributed by atoms with Gasteiger partial charge in [-0.3, -0.25) is 0 Å². The highest BCUT2D eigenvalue weighted by atomic mass is 79.9. The average Bonchev–Trinajstić information content (AvgIpc) is 2.80. The van der Waals surface area contributed by atoms with Gasteiger partial charge in [0.2, 0.25) is 0 Å². The fourth-order valence-electron chi connectivity index (χ4n) is 1.97. The van der Waals surface area contributed by atoms with Crippen LogP contribution in [0.25, 0.3) is 5.69 Å². The van der Waals surface area contributed by atoms with E-state index < -0.39 is 5.97 Å². The van der Waals surface area contributed by atoms with Crippen molar-refractivity contribution in [1.29, 1.82) is 5.26 Å². The van der Waals surface area contributed by atoms with Crippen molar-refractivity contribution in [3.8, 4) is 11.8 Å². The lowest BCUT2D eigenvalue weighted by atomic mass is 10.2. The lowest BCUT2D eigenvalue weighted by Gasteiger charge is -2.11. The summed E-state index contributed by atoms with van der Waals surface area (Å²) in [5, 5.41) is 9.57. The number of hydrogen-bond donors (Lipinski definition) is 1. The molecule has 1 heterocycles. The summed E-state index contributed by atoms with van der Waals surface area (Å²) < 4.78 is 7.01. The van der Waals surface area contributed by atoms with Crippen LogP contribution >= 0.6 is 27.5 Å². The largest absolute Gasteiger partial charge is 0.464 e. The second-order valence-electron chi connectivity index (χ2n) is 4.34. The zero-order chi connectivity index (χ0) is 15.7. The van der Waals surface area contributed by atoms with Gasteiger partial charge < -0.3 is 15.0 Å². The number of nitrogens with zero attached hydrogens (tertiary/aromatic N) is 2. The monoisotopic (exact) mass is 367 g/mol. The number of halogens is 2. The van der Waals surface area contributed by atoms with Crippen LogP contribution in [0.3, 0.4) is 0 Å². The Morgan fingerprint density at radius 1 is 1.52 bits per heavy atom. The number of carbonyl (C=O) groups is 1. The van der Waals surface area contributed by atoms with Crippen molar-refractivity contribution in [3.05, 3.63) is 44.6 Å². The average molecular weight is 369 g/mol. The molecule has 2 N–H and O–H groups in total. The number of esters is 1. The maximum Gasteiger partial charge on any atom is 0.357 e. The minimum Gasteiger partial charge on any atom is -0.464 e. The number of nitriles is 1. The number of carbonyl (C=O) groups excluding carboxylic acids is 1. The molecule has 2 aromatic rings. The van der Waals surface area contributed by atoms with Crippen LogP contribution in [0.4, 0.5) is 5.69 Å². The van der Waals surface area contributed by atoms with Gasteiger partial charge >= 0.3 is 5.97 Å². The maximum absolute atomic E-state index is 11.9. The van der Waals surface area contributed by atoms with Crippen LogP contribution in [-0.4, -0.2) is 17.6 Å². The Morgan fingerprint density at radius 2 is 2.19 bits per heavy atom. The molecule has 0 bridgehead atoms. The molecule has 0 fully saturated rings. The molecule has 0 saturated carbocycles. The van der Waals surface area contributed by atoms with E-state index in [1.165, 1.54) is 17.9 Å². The van der Waals surface area contributed by atoms with E-state index in [9.17, 15) is 4.79 Å². The van der Waals surface area contributed by atoms with Crippen molar-refractivity contribution in [2.75, 3.05) is 12.8 Å². The summed E-state index contributed by atoms with van der Waals surface area (Å²) in [6.45, 7) is 1.87. The molecule has 0 radical (unpaired) electrons. The van der Waals surface area contributed by atoms with Gasteiger partial charge in [-0.1, -0.05) is 11.6 Å². The molecule has 1 aromatic carbocycles. The molecule has 5 nitrogen and oxygen atoms in total. The molecular weight excluding hydrogens is 358 g/mol. The zero-order valence-electron chi connectivity index (χ0n) is 11.3. The smallest absolute Gasteiger partial charge is 0.357 e. The quantitative estimate of drug-likeness (QED) is 0.823. The number of anilines is 1. The zero-order valence-corrected chi connectivity index (χ0v) is 13.6. The fourth-order valence-corrected chi connectivity index (χ4v) is 2.46. The van der Waals surface area contributed by atoms with E-state index in [2.05, 4.69) is 15.9 Å². The first-order chi connectivity index (χ1) is 9.90. The van der Waals surface area contributed by atoms with E-state index in [0.29, 0.717) is 10.7 Å². The Hall–Kier alpha value is -1.97. The Kier molecular flexibility index (Phi) is 4.26. The highest BCUT2D eigenvalue weighted by molar-refractivity contribution is 9.10. The Labute approximate surface area is 135 Å². The van der Waals surface area contributed by atoms with Crippen molar-refractivity contribution < 1.29 is 9.53 Å². The molecule has 0 aliphatic rings. The van der Waals surface area contributed by atoms with Gasteiger partial charge in [0.15, 0.2) is 5.69 Å². The van der Waals surface area contributed by atoms with Gasteiger partial charge in [0.1, 0.15) is 6.07 Å². The summed E-state index contributed by atoms with van der Waals surface area (Å²) in [6, 6.07) is 5.44. The summed E-state index contributed by atoms with van der Waals surface area (Å²) in [6.07, 6.45) is 1.49. The molecule has 0 atom stereocenters. The van der Waals surface area contributed by atoms with Crippen molar-refractivity contribution in [3.63, 3.8) is 0 Å². The first-order valence-corrected chi connectivity index (χ1v) is 7.03. The molecule has 2 rings (SSSR count). The van der Waals surface area contributed by atoms with Crippen molar-refractivity contribution >= 4 is 39.2 Å². The van der Waals surface area contributed by atoms with Gasteiger partial charge in [-0.25, -0.2) is 4.79 Å². The third-order valence-electron chi connectivity index (χ3n) is 3.02. The molecule has 7 heteroatoms. The number of benzene rings is 1. The van der Waals surface area contributed by atoms with E-state index in [1.807, 2.05) is 19.1 Å². The summed E-state index contributed by atoms with van der Waals surface area (Å²) in [5.41, 5.74) is 7.74. The van der Waals surface area contributed by atoms with Crippen LogP contribution in [0, 0.1) is 18.3 Å². The molecular formula is C14H11BrClN3O2. The van der Waals surface area contributed by atoms with Crippen LogP contribution < -0.4 is 5.73 Å². The second-order valence-corrected chi connectivity index (χ2v) is 5.54. The van der Waals surface area contributed by atoms with E-state index in [4.69, 9.17) is 27.3 Å². The molecule has 0 unspecified atom stereocenters. The van der Waals surface area contributed by atoms with Crippen LogP contribution in [0.5, 0.6) is 0 Å². The molecule has 21 heavy (non-hydrogen) atoms. The molecule has 108 valence electrons. The Bertz CT molecular complexity index is 754. The Balaban J connectivity index is 2.75. The summed E-state index contributed by atoms with van der Waals surface area (Å²) in [4.78, 5) is 11.9. The summed E-state index contributed by atoms with van der Waals surface area (Å²) in [5.74, 6) is -0.620. The van der Waals surface area contributed by atoms with Crippen LogP contribution in [0.1, 0.15) is 21.6 Å². The van der Waals surface area contributed by atoms with Gasteiger partial charge in [0, 0.05) is 16.4 Å². The van der Waals surface area contributed by atoms with Gasteiger partial charge in [-0.05, 0) is 40.5 Å². The third-order valence-corrected chi connectivity index (χ3v) is 4.60. The SMILES string of the molecule is COC(=O)c1c(N)c(C#N)cn1-c1cc(C)c(Br)c(Cl)c1. The number of nitrogens with two attached hydrogens (primary N) is 1. The van der Waals surface area contributed by atoms with E-state index in [-0.39, 0.29) is 16.9 Å². The lowest BCUT2D eigenvalue weighted by molar-refractivity contribution is 0.0593. The summed E-state index contributed by atoms with van der Waals surface area (Å²) in [7, 11) is 1.25. The number of aromatic nitrogens is 1. The van der Waals surface area contributed by atoms with Gasteiger partial charge in [-0.15, -0.1) is 0 Å². The molecule has 0 saturated heterocycles. The van der Waals surface area contributed by atoms with Gasteiger partial charge in [0.25, 0.3) is 0 Å². The highest BCUT2D eigenvalue weighted by Crippen LogP contribution is 2.31. The predicted octanol–water partition coefficient (Wildman–Crippen LogP) is 3.44. The van der Waals surface area contributed by atoms with Crippen LogP contribution in [-0.2, 0) is 4.74 Å². The minimum absolute atomic E-state index is 0.0843. The van der Waals surface area contributed by atoms with Crippen molar-refractivity contribution in [2.24, 2.45) is 0 Å². The van der Waals surface area contributed by atoms with Crippen molar-refractivity contribution in [2.45, 2.75) is 6.92 Å². The first kappa shape index (κ1) is 15.4. The number of nitrogen functional groups attached to an aromatic ring is 1. The number of rotatable bonds is 2. The molecule has 0 aliphatic carbocycles. The number of hydrogen-bond acceptors (Lipinski definition) is 4.